The van der Waals surface area contributed by atoms with Gasteiger partial charge in [-0.05, 0) is 47.8 Å². The molecule has 0 aromatic heterocycles. The fourth-order valence-electron chi connectivity index (χ4n) is 2.95. The van der Waals surface area contributed by atoms with Crippen molar-refractivity contribution in [3.8, 4) is 0 Å². The molecule has 0 bridgehead atoms. The maximum Gasteiger partial charge on any atom is 0.252 e. The Bertz CT molecular complexity index is 746. The van der Waals surface area contributed by atoms with Crippen molar-refractivity contribution < 1.29 is 9.18 Å². The molecule has 3 heteroatoms. The Morgan fingerprint density at radius 3 is 2.57 bits per heavy atom. The maximum absolute atomic E-state index is 13.0. The van der Waals surface area contributed by atoms with E-state index in [4.69, 9.17) is 0 Å². The molecule has 1 aromatic carbocycles. The third-order valence-electron chi connectivity index (χ3n) is 4.31. The Morgan fingerprint density at radius 2 is 1.86 bits per heavy atom. The topological polar surface area (TPSA) is 29.1 Å². The van der Waals surface area contributed by atoms with E-state index in [2.05, 4.69) is 5.32 Å². The Hall–Kier alpha value is -2.42. The van der Waals surface area contributed by atoms with Gasteiger partial charge in [0.2, 0.25) is 0 Å². The highest BCUT2D eigenvalue weighted by Crippen LogP contribution is 2.46. The zero-order valence-electron chi connectivity index (χ0n) is 11.4. The van der Waals surface area contributed by atoms with Crippen LogP contribution in [0.25, 0.3) is 0 Å². The molecule has 1 N–H and O–H groups in total. The van der Waals surface area contributed by atoms with Crippen molar-refractivity contribution in [1.82, 2.24) is 5.32 Å². The first-order chi connectivity index (χ1) is 10.2. The number of amides is 1. The number of hydrogen-bond acceptors (Lipinski definition) is 1. The molecule has 4 rings (SSSR count). The molecular weight excluding hydrogens is 265 g/mol. The Morgan fingerprint density at radius 1 is 1.10 bits per heavy atom. The average molecular weight is 279 g/mol. The standard InChI is InChI=1S/C18H14FNO/c19-14-7-5-13(6-8-14)18(10-11-18)20-17(21)16-9-4-12-2-1-3-15(12)16/h1-9H,10-11H2,(H,20,21). The number of fused-ring (bicyclic) bond motifs is 1. The number of carbonyl (C=O) groups is 1. The van der Waals surface area contributed by atoms with Crippen LogP contribution in [0.3, 0.4) is 0 Å². The zero-order valence-corrected chi connectivity index (χ0v) is 11.4. The molecule has 3 aliphatic rings. The van der Waals surface area contributed by atoms with Crippen LogP contribution in [0.4, 0.5) is 4.39 Å². The smallest absolute Gasteiger partial charge is 0.252 e. The van der Waals surface area contributed by atoms with Crippen LogP contribution in [-0.2, 0) is 10.3 Å². The van der Waals surface area contributed by atoms with Crippen LogP contribution < -0.4 is 5.32 Å². The van der Waals surface area contributed by atoms with Crippen LogP contribution in [0.15, 0.2) is 71.4 Å². The van der Waals surface area contributed by atoms with E-state index in [1.54, 1.807) is 12.1 Å². The highest BCUT2D eigenvalue weighted by atomic mass is 19.1. The van der Waals surface area contributed by atoms with Crippen molar-refractivity contribution in [1.29, 1.82) is 0 Å². The van der Waals surface area contributed by atoms with Gasteiger partial charge >= 0.3 is 0 Å². The van der Waals surface area contributed by atoms with E-state index >= 15 is 0 Å². The Labute approximate surface area is 122 Å². The van der Waals surface area contributed by atoms with Gasteiger partial charge in [-0.1, -0.05) is 36.4 Å². The molecule has 0 unspecified atom stereocenters. The van der Waals surface area contributed by atoms with Crippen molar-refractivity contribution >= 4 is 5.91 Å². The molecule has 0 spiro atoms. The lowest BCUT2D eigenvalue weighted by molar-refractivity contribution is -0.118. The minimum atomic E-state index is -0.318. The van der Waals surface area contributed by atoms with E-state index in [1.807, 2.05) is 30.4 Å². The molecule has 3 aliphatic carbocycles. The quantitative estimate of drug-likeness (QED) is 0.903. The van der Waals surface area contributed by atoms with Crippen LogP contribution in [0.1, 0.15) is 18.4 Å². The van der Waals surface area contributed by atoms with Crippen LogP contribution in [0.2, 0.25) is 0 Å². The van der Waals surface area contributed by atoms with Gasteiger partial charge < -0.3 is 5.32 Å². The van der Waals surface area contributed by atoms with E-state index in [9.17, 15) is 9.18 Å². The minimum Gasteiger partial charge on any atom is -0.343 e. The summed E-state index contributed by atoms with van der Waals surface area (Å²) in [5, 5.41) is 3.13. The molecule has 104 valence electrons. The molecule has 0 saturated heterocycles. The number of benzene rings is 1. The first-order valence-corrected chi connectivity index (χ1v) is 7.08. The second-order valence-electron chi connectivity index (χ2n) is 5.68. The van der Waals surface area contributed by atoms with E-state index < -0.39 is 0 Å². The highest BCUT2D eigenvalue weighted by Gasteiger charge is 2.46. The van der Waals surface area contributed by atoms with E-state index in [1.165, 1.54) is 12.1 Å². The summed E-state index contributed by atoms with van der Waals surface area (Å²) in [5.74, 6) is -0.312. The number of hydrogen-bond donors (Lipinski definition) is 1. The average Bonchev–Trinajstić information content (AvgIpc) is 2.93. The monoisotopic (exact) mass is 279 g/mol. The van der Waals surface area contributed by atoms with Crippen molar-refractivity contribution in [2.24, 2.45) is 0 Å². The van der Waals surface area contributed by atoms with Crippen LogP contribution in [0.5, 0.6) is 0 Å². The van der Waals surface area contributed by atoms with Crippen molar-refractivity contribution in [2.75, 3.05) is 0 Å². The largest absolute Gasteiger partial charge is 0.343 e. The third kappa shape index (κ3) is 1.97. The number of allylic oxidation sites excluding steroid dienone is 6. The Kier molecular flexibility index (Phi) is 2.52. The fourth-order valence-corrected chi connectivity index (χ4v) is 2.95. The zero-order chi connectivity index (χ0) is 14.4. The summed E-state index contributed by atoms with van der Waals surface area (Å²) in [7, 11) is 0. The SMILES string of the molecule is O=C(NC1(c2ccc(F)cc2)CC1)C1=C2C=CC=C2C=C1. The first-order valence-electron chi connectivity index (χ1n) is 7.08. The summed E-state index contributed by atoms with van der Waals surface area (Å²) in [5.41, 5.74) is 3.45. The summed E-state index contributed by atoms with van der Waals surface area (Å²) in [4.78, 5) is 12.5. The van der Waals surface area contributed by atoms with Gasteiger partial charge in [-0.15, -0.1) is 0 Å². The summed E-state index contributed by atoms with van der Waals surface area (Å²) in [6.45, 7) is 0. The second-order valence-corrected chi connectivity index (χ2v) is 5.68. The molecule has 0 radical (unpaired) electrons. The molecule has 1 amide bonds. The van der Waals surface area contributed by atoms with Crippen LogP contribution in [0, 0.1) is 5.82 Å². The fraction of sp³-hybridized carbons (Fsp3) is 0.167. The molecular formula is C18H14FNO. The van der Waals surface area contributed by atoms with Crippen molar-refractivity contribution in [2.45, 2.75) is 18.4 Å². The molecule has 1 fully saturated rings. The molecule has 2 nitrogen and oxygen atoms in total. The summed E-state index contributed by atoms with van der Waals surface area (Å²) >= 11 is 0. The molecule has 0 atom stereocenters. The van der Waals surface area contributed by atoms with E-state index in [0.29, 0.717) is 5.57 Å². The van der Waals surface area contributed by atoms with Crippen LogP contribution in [-0.4, -0.2) is 5.91 Å². The summed E-state index contributed by atoms with van der Waals surface area (Å²) in [6, 6.07) is 6.40. The van der Waals surface area contributed by atoms with Crippen molar-refractivity contribution in [3.05, 3.63) is 82.7 Å². The highest BCUT2D eigenvalue weighted by molar-refractivity contribution is 6.01. The lowest BCUT2D eigenvalue weighted by Crippen LogP contribution is -2.35. The minimum absolute atomic E-state index is 0.0574. The van der Waals surface area contributed by atoms with Gasteiger partial charge in [0.25, 0.3) is 5.91 Å². The van der Waals surface area contributed by atoms with Gasteiger partial charge in [0.15, 0.2) is 0 Å². The van der Waals surface area contributed by atoms with Crippen molar-refractivity contribution in [3.63, 3.8) is 0 Å². The molecule has 0 heterocycles. The summed E-state index contributed by atoms with van der Waals surface area (Å²) < 4.78 is 13.0. The van der Waals surface area contributed by atoms with Gasteiger partial charge in [-0.3, -0.25) is 4.79 Å². The molecule has 1 saturated carbocycles. The van der Waals surface area contributed by atoms with Crippen LogP contribution >= 0.6 is 0 Å². The number of nitrogens with one attached hydrogen (secondary N) is 1. The second kappa shape index (κ2) is 4.29. The summed E-state index contributed by atoms with van der Waals surface area (Å²) in [6.07, 6.45) is 11.5. The van der Waals surface area contributed by atoms with E-state index in [0.717, 1.165) is 29.6 Å². The third-order valence-corrected chi connectivity index (χ3v) is 4.31. The Balaban J connectivity index is 1.59. The normalized spacial score (nSPS) is 20.5. The van der Waals surface area contributed by atoms with Gasteiger partial charge in [-0.25, -0.2) is 4.39 Å². The lowest BCUT2D eigenvalue weighted by atomic mass is 10.0. The van der Waals surface area contributed by atoms with Gasteiger partial charge in [0.05, 0.1) is 5.54 Å². The molecule has 21 heavy (non-hydrogen) atoms. The van der Waals surface area contributed by atoms with Gasteiger partial charge in [0.1, 0.15) is 5.82 Å². The maximum atomic E-state index is 13.0. The number of carbonyl (C=O) groups excluding carboxylic acids is 1. The first kappa shape index (κ1) is 12.3. The van der Waals surface area contributed by atoms with Gasteiger partial charge in [-0.2, -0.15) is 0 Å². The van der Waals surface area contributed by atoms with Gasteiger partial charge in [0, 0.05) is 5.57 Å². The predicted octanol–water partition coefficient (Wildman–Crippen LogP) is 3.29. The lowest BCUT2D eigenvalue weighted by Gasteiger charge is -2.18. The predicted molar refractivity (Wildman–Crippen MR) is 78.8 cm³/mol. The van der Waals surface area contributed by atoms with E-state index in [-0.39, 0.29) is 17.3 Å². The molecule has 0 aliphatic heterocycles. The number of rotatable bonds is 3. The molecule has 1 aromatic rings. The number of halogens is 1.